The topological polar surface area (TPSA) is 50.1 Å². The zero-order valence-corrected chi connectivity index (χ0v) is 9.05. The van der Waals surface area contributed by atoms with Crippen LogP contribution in [0.2, 0.25) is 0 Å². The maximum atomic E-state index is 12.7. The summed E-state index contributed by atoms with van der Waals surface area (Å²) in [6, 6.07) is 3.69. The molecular weight excluding hydrogens is 235 g/mol. The van der Waals surface area contributed by atoms with Gasteiger partial charge < -0.3 is 4.74 Å². The first-order valence-electron chi connectivity index (χ1n) is 4.52. The van der Waals surface area contributed by atoms with Crippen LogP contribution in [-0.4, -0.2) is 13.1 Å². The van der Waals surface area contributed by atoms with Crippen LogP contribution >= 0.6 is 0 Å². The SMILES string of the molecule is COC(=O)c1ccc(C)c(C(F)(F)F)c1C#N. The molecule has 0 amide bonds. The lowest BCUT2D eigenvalue weighted by atomic mass is 9.97. The predicted molar refractivity (Wildman–Crippen MR) is 52.2 cm³/mol. The molecule has 90 valence electrons. The number of methoxy groups -OCH3 is 1. The Morgan fingerprint density at radius 2 is 2.00 bits per heavy atom. The third-order valence-electron chi connectivity index (χ3n) is 2.21. The number of benzene rings is 1. The Labute approximate surface area is 95.4 Å². The van der Waals surface area contributed by atoms with Gasteiger partial charge in [0.25, 0.3) is 0 Å². The van der Waals surface area contributed by atoms with Crippen LogP contribution in [0.25, 0.3) is 0 Å². The molecule has 1 aromatic carbocycles. The van der Waals surface area contributed by atoms with Crippen LogP contribution in [0.1, 0.15) is 27.0 Å². The van der Waals surface area contributed by atoms with Gasteiger partial charge >= 0.3 is 12.1 Å². The molecule has 0 atom stereocenters. The van der Waals surface area contributed by atoms with Crippen LogP contribution in [0.4, 0.5) is 13.2 Å². The summed E-state index contributed by atoms with van der Waals surface area (Å²) in [5, 5.41) is 8.77. The zero-order chi connectivity index (χ0) is 13.2. The van der Waals surface area contributed by atoms with Crippen LogP contribution in [0, 0.1) is 18.3 Å². The minimum Gasteiger partial charge on any atom is -0.465 e. The van der Waals surface area contributed by atoms with Gasteiger partial charge in [0.2, 0.25) is 0 Å². The van der Waals surface area contributed by atoms with Gasteiger partial charge in [-0.3, -0.25) is 0 Å². The summed E-state index contributed by atoms with van der Waals surface area (Å²) >= 11 is 0. The molecule has 0 heterocycles. The van der Waals surface area contributed by atoms with Gasteiger partial charge in [-0.2, -0.15) is 18.4 Å². The quantitative estimate of drug-likeness (QED) is 0.712. The first-order chi connectivity index (χ1) is 7.82. The van der Waals surface area contributed by atoms with E-state index in [1.807, 2.05) is 0 Å². The number of carbonyl (C=O) groups excluding carboxylic acids is 1. The van der Waals surface area contributed by atoms with E-state index in [-0.39, 0.29) is 11.1 Å². The lowest BCUT2D eigenvalue weighted by Gasteiger charge is -2.14. The molecule has 0 unspecified atom stereocenters. The van der Waals surface area contributed by atoms with E-state index < -0.39 is 23.3 Å². The van der Waals surface area contributed by atoms with Crippen molar-refractivity contribution in [1.82, 2.24) is 0 Å². The van der Waals surface area contributed by atoms with Crippen molar-refractivity contribution in [2.75, 3.05) is 7.11 Å². The maximum Gasteiger partial charge on any atom is 0.417 e. The van der Waals surface area contributed by atoms with E-state index in [1.54, 1.807) is 0 Å². The largest absolute Gasteiger partial charge is 0.465 e. The maximum absolute atomic E-state index is 12.7. The summed E-state index contributed by atoms with van der Waals surface area (Å²) in [5.74, 6) is -0.966. The Morgan fingerprint density at radius 3 is 2.41 bits per heavy atom. The third kappa shape index (κ3) is 2.38. The van der Waals surface area contributed by atoms with Gasteiger partial charge in [0.1, 0.15) is 6.07 Å². The second-order valence-electron chi connectivity index (χ2n) is 3.28. The molecule has 3 nitrogen and oxygen atoms in total. The van der Waals surface area contributed by atoms with Crippen molar-refractivity contribution in [3.05, 3.63) is 34.4 Å². The van der Waals surface area contributed by atoms with Gasteiger partial charge in [0.05, 0.1) is 23.8 Å². The van der Waals surface area contributed by atoms with E-state index >= 15 is 0 Å². The van der Waals surface area contributed by atoms with E-state index in [0.29, 0.717) is 0 Å². The first kappa shape index (κ1) is 13.0. The molecule has 0 fully saturated rings. The van der Waals surface area contributed by atoms with E-state index in [1.165, 1.54) is 13.0 Å². The lowest BCUT2D eigenvalue weighted by Crippen LogP contribution is -2.15. The molecule has 0 spiro atoms. The molecule has 0 saturated heterocycles. The standard InChI is InChI=1S/C11H8F3NO2/c1-6-3-4-7(10(16)17-2)8(5-15)9(6)11(12,13)14/h3-4H,1-2H3. The summed E-state index contributed by atoms with van der Waals surface area (Å²) in [6.45, 7) is 1.23. The Balaban J connectivity index is 3.61. The lowest BCUT2D eigenvalue weighted by molar-refractivity contribution is -0.138. The fraction of sp³-hybridized carbons (Fsp3) is 0.273. The van der Waals surface area contributed by atoms with Crippen LogP contribution < -0.4 is 0 Å². The molecule has 0 saturated carbocycles. The van der Waals surface area contributed by atoms with Crippen molar-refractivity contribution >= 4 is 5.97 Å². The normalized spacial score (nSPS) is 10.8. The van der Waals surface area contributed by atoms with Crippen molar-refractivity contribution in [3.63, 3.8) is 0 Å². The highest BCUT2D eigenvalue weighted by molar-refractivity contribution is 5.92. The van der Waals surface area contributed by atoms with Gasteiger partial charge in [-0.25, -0.2) is 4.79 Å². The van der Waals surface area contributed by atoms with Crippen molar-refractivity contribution in [2.24, 2.45) is 0 Å². The predicted octanol–water partition coefficient (Wildman–Crippen LogP) is 2.67. The van der Waals surface area contributed by atoms with Crippen molar-refractivity contribution in [1.29, 1.82) is 5.26 Å². The van der Waals surface area contributed by atoms with Gasteiger partial charge in [0, 0.05) is 0 Å². The average molecular weight is 243 g/mol. The fourth-order valence-corrected chi connectivity index (χ4v) is 1.47. The number of alkyl halides is 3. The monoisotopic (exact) mass is 243 g/mol. The molecular formula is C11H8F3NO2. The molecule has 0 bridgehead atoms. The van der Waals surface area contributed by atoms with Gasteiger partial charge in [-0.05, 0) is 18.6 Å². The molecule has 17 heavy (non-hydrogen) atoms. The highest BCUT2D eigenvalue weighted by atomic mass is 19.4. The summed E-state index contributed by atoms with van der Waals surface area (Å²) < 4.78 is 42.5. The molecule has 1 rings (SSSR count). The van der Waals surface area contributed by atoms with Crippen LogP contribution in [-0.2, 0) is 10.9 Å². The molecule has 0 aliphatic rings. The Kier molecular flexibility index (Phi) is 3.42. The van der Waals surface area contributed by atoms with E-state index in [4.69, 9.17) is 5.26 Å². The first-order valence-corrected chi connectivity index (χ1v) is 4.52. The molecule has 0 aromatic heterocycles. The highest BCUT2D eigenvalue weighted by Gasteiger charge is 2.37. The summed E-state index contributed by atoms with van der Waals surface area (Å²) in [7, 11) is 1.04. The Bertz CT molecular complexity index is 501. The van der Waals surface area contributed by atoms with Crippen molar-refractivity contribution in [2.45, 2.75) is 13.1 Å². The molecule has 1 aromatic rings. The number of esters is 1. The van der Waals surface area contributed by atoms with Crippen LogP contribution in [0.15, 0.2) is 12.1 Å². The third-order valence-corrected chi connectivity index (χ3v) is 2.21. The molecule has 6 heteroatoms. The number of aryl methyl sites for hydroxylation is 1. The summed E-state index contributed by atoms with van der Waals surface area (Å²) in [4.78, 5) is 11.2. The fourth-order valence-electron chi connectivity index (χ4n) is 1.47. The van der Waals surface area contributed by atoms with Crippen molar-refractivity contribution < 1.29 is 22.7 Å². The number of hydrogen-bond donors (Lipinski definition) is 0. The van der Waals surface area contributed by atoms with Gasteiger partial charge in [0.15, 0.2) is 0 Å². The van der Waals surface area contributed by atoms with Crippen molar-refractivity contribution in [3.8, 4) is 6.07 Å². The second kappa shape index (κ2) is 4.45. The van der Waals surface area contributed by atoms with E-state index in [2.05, 4.69) is 4.74 Å². The molecule has 0 aliphatic heterocycles. The smallest absolute Gasteiger partial charge is 0.417 e. The number of carbonyl (C=O) groups is 1. The molecule has 0 aliphatic carbocycles. The van der Waals surface area contributed by atoms with Crippen LogP contribution in [0.3, 0.4) is 0 Å². The number of halogens is 3. The molecule has 0 N–H and O–H groups in total. The zero-order valence-electron chi connectivity index (χ0n) is 9.05. The van der Waals surface area contributed by atoms with E-state index in [9.17, 15) is 18.0 Å². The number of nitrogens with zero attached hydrogens (tertiary/aromatic N) is 1. The average Bonchev–Trinajstić information content (AvgIpc) is 2.25. The minimum atomic E-state index is -4.68. The van der Waals surface area contributed by atoms with E-state index in [0.717, 1.165) is 19.2 Å². The second-order valence-corrected chi connectivity index (χ2v) is 3.28. The Hall–Kier alpha value is -2.03. The number of rotatable bonds is 1. The van der Waals surface area contributed by atoms with Gasteiger partial charge in [-0.1, -0.05) is 6.07 Å². The van der Waals surface area contributed by atoms with Crippen LogP contribution in [0.5, 0.6) is 0 Å². The highest BCUT2D eigenvalue weighted by Crippen LogP contribution is 2.35. The summed E-state index contributed by atoms with van der Waals surface area (Å²) in [6.07, 6.45) is -4.68. The van der Waals surface area contributed by atoms with Gasteiger partial charge in [-0.15, -0.1) is 0 Å². The number of hydrogen-bond acceptors (Lipinski definition) is 3. The minimum absolute atomic E-state index is 0.110. The number of nitriles is 1. The number of ether oxygens (including phenoxy) is 1. The summed E-state index contributed by atoms with van der Waals surface area (Å²) in [5.41, 5.74) is -2.29. The molecule has 0 radical (unpaired) electrons. The Morgan fingerprint density at radius 1 is 1.41 bits per heavy atom.